The van der Waals surface area contributed by atoms with Gasteiger partial charge >= 0.3 is 0 Å². The molecule has 3 rings (SSSR count). The van der Waals surface area contributed by atoms with Crippen molar-refractivity contribution < 1.29 is 4.79 Å². The standard InChI is InChI=1S/C17H17N3O/c1-11-4-6-14(7-5-11)19-17(21)16-13(3)18-15-10-12(2)8-9-20(15)16/h4-10H,1-3H3,(H,19,21). The number of hydrogen-bond acceptors (Lipinski definition) is 2. The van der Waals surface area contributed by atoms with Gasteiger partial charge in [0.2, 0.25) is 0 Å². The second kappa shape index (κ2) is 5.05. The minimum absolute atomic E-state index is 0.146. The lowest BCUT2D eigenvalue weighted by molar-refractivity contribution is 0.102. The smallest absolute Gasteiger partial charge is 0.274 e. The fourth-order valence-corrected chi connectivity index (χ4v) is 2.36. The van der Waals surface area contributed by atoms with Gasteiger partial charge in [-0.15, -0.1) is 0 Å². The van der Waals surface area contributed by atoms with Gasteiger partial charge in [-0.1, -0.05) is 17.7 Å². The first-order valence-electron chi connectivity index (χ1n) is 6.88. The van der Waals surface area contributed by atoms with Crippen LogP contribution in [0.5, 0.6) is 0 Å². The zero-order chi connectivity index (χ0) is 15.0. The third-order valence-electron chi connectivity index (χ3n) is 3.48. The Morgan fingerprint density at radius 1 is 1.05 bits per heavy atom. The molecule has 0 bridgehead atoms. The summed E-state index contributed by atoms with van der Waals surface area (Å²) < 4.78 is 1.83. The maximum Gasteiger partial charge on any atom is 0.274 e. The number of rotatable bonds is 2. The van der Waals surface area contributed by atoms with Gasteiger partial charge in [0.15, 0.2) is 0 Å². The molecule has 1 aromatic carbocycles. The average Bonchev–Trinajstić information content (AvgIpc) is 2.76. The van der Waals surface area contributed by atoms with Gasteiger partial charge < -0.3 is 5.32 Å². The number of aryl methyl sites for hydroxylation is 3. The molecule has 0 spiro atoms. The van der Waals surface area contributed by atoms with Gasteiger partial charge in [0.1, 0.15) is 11.3 Å². The number of imidazole rings is 1. The van der Waals surface area contributed by atoms with E-state index < -0.39 is 0 Å². The molecule has 0 fully saturated rings. The Kier molecular flexibility index (Phi) is 3.22. The van der Waals surface area contributed by atoms with Crippen molar-refractivity contribution in [3.63, 3.8) is 0 Å². The summed E-state index contributed by atoms with van der Waals surface area (Å²) in [6.07, 6.45) is 1.88. The van der Waals surface area contributed by atoms with Crippen molar-refractivity contribution in [2.24, 2.45) is 0 Å². The van der Waals surface area contributed by atoms with Crippen LogP contribution in [0.4, 0.5) is 5.69 Å². The molecule has 0 unspecified atom stereocenters. The monoisotopic (exact) mass is 279 g/mol. The number of fused-ring (bicyclic) bond motifs is 1. The van der Waals surface area contributed by atoms with E-state index in [4.69, 9.17) is 0 Å². The third-order valence-corrected chi connectivity index (χ3v) is 3.48. The average molecular weight is 279 g/mol. The van der Waals surface area contributed by atoms with E-state index in [1.165, 1.54) is 0 Å². The van der Waals surface area contributed by atoms with Gasteiger partial charge in [-0.2, -0.15) is 0 Å². The molecule has 2 aromatic heterocycles. The highest BCUT2D eigenvalue weighted by atomic mass is 16.2. The summed E-state index contributed by atoms with van der Waals surface area (Å²) in [5.74, 6) is -0.146. The summed E-state index contributed by atoms with van der Waals surface area (Å²) in [6, 6.07) is 11.7. The van der Waals surface area contributed by atoms with Gasteiger partial charge in [-0.25, -0.2) is 4.98 Å². The molecule has 21 heavy (non-hydrogen) atoms. The molecule has 2 heterocycles. The van der Waals surface area contributed by atoms with Crippen molar-refractivity contribution in [1.82, 2.24) is 9.38 Å². The summed E-state index contributed by atoms with van der Waals surface area (Å²) in [6.45, 7) is 5.88. The van der Waals surface area contributed by atoms with Crippen LogP contribution < -0.4 is 5.32 Å². The van der Waals surface area contributed by atoms with E-state index in [0.717, 1.165) is 28.2 Å². The number of aromatic nitrogens is 2. The molecule has 106 valence electrons. The zero-order valence-corrected chi connectivity index (χ0v) is 12.3. The lowest BCUT2D eigenvalue weighted by atomic mass is 10.2. The number of amides is 1. The highest BCUT2D eigenvalue weighted by molar-refractivity contribution is 6.04. The number of anilines is 1. The quantitative estimate of drug-likeness (QED) is 0.780. The van der Waals surface area contributed by atoms with E-state index in [-0.39, 0.29) is 5.91 Å². The van der Waals surface area contributed by atoms with E-state index in [1.807, 2.05) is 67.8 Å². The van der Waals surface area contributed by atoms with Crippen LogP contribution in [0.25, 0.3) is 5.65 Å². The molecular formula is C17H17N3O. The zero-order valence-electron chi connectivity index (χ0n) is 12.3. The van der Waals surface area contributed by atoms with Gasteiger partial charge in [-0.05, 0) is 50.6 Å². The summed E-state index contributed by atoms with van der Waals surface area (Å²) in [7, 11) is 0. The van der Waals surface area contributed by atoms with Crippen molar-refractivity contribution in [3.05, 3.63) is 65.1 Å². The van der Waals surface area contributed by atoms with Crippen LogP contribution in [-0.4, -0.2) is 15.3 Å². The molecular weight excluding hydrogens is 262 g/mol. The lowest BCUT2D eigenvalue weighted by Gasteiger charge is -2.06. The van der Waals surface area contributed by atoms with Gasteiger partial charge in [0.05, 0.1) is 5.69 Å². The van der Waals surface area contributed by atoms with Crippen LogP contribution in [0.3, 0.4) is 0 Å². The summed E-state index contributed by atoms with van der Waals surface area (Å²) in [5, 5.41) is 2.92. The topological polar surface area (TPSA) is 46.4 Å². The number of pyridine rings is 1. The Bertz CT molecular complexity index is 816. The van der Waals surface area contributed by atoms with Crippen LogP contribution in [-0.2, 0) is 0 Å². The number of carbonyl (C=O) groups is 1. The SMILES string of the molecule is Cc1ccc(NC(=O)c2c(C)nc3cc(C)ccn23)cc1. The number of benzene rings is 1. The van der Waals surface area contributed by atoms with Crippen molar-refractivity contribution in [3.8, 4) is 0 Å². The first kappa shape index (κ1) is 13.4. The molecule has 1 N–H and O–H groups in total. The molecule has 0 aliphatic heterocycles. The van der Waals surface area contributed by atoms with Crippen LogP contribution in [0.2, 0.25) is 0 Å². The van der Waals surface area contributed by atoms with Crippen molar-refractivity contribution >= 4 is 17.2 Å². The minimum Gasteiger partial charge on any atom is -0.321 e. The van der Waals surface area contributed by atoms with E-state index in [2.05, 4.69) is 10.3 Å². The van der Waals surface area contributed by atoms with E-state index >= 15 is 0 Å². The highest BCUT2D eigenvalue weighted by Gasteiger charge is 2.16. The van der Waals surface area contributed by atoms with E-state index in [0.29, 0.717) is 5.69 Å². The molecule has 0 radical (unpaired) electrons. The second-order valence-electron chi connectivity index (χ2n) is 5.30. The fourth-order valence-electron chi connectivity index (χ4n) is 2.36. The summed E-state index contributed by atoms with van der Waals surface area (Å²) >= 11 is 0. The molecule has 0 saturated carbocycles. The molecule has 0 aliphatic rings. The number of nitrogens with zero attached hydrogens (tertiary/aromatic N) is 2. The maximum absolute atomic E-state index is 12.5. The number of carbonyl (C=O) groups excluding carboxylic acids is 1. The Labute approximate surface area is 123 Å². The Morgan fingerprint density at radius 2 is 1.76 bits per heavy atom. The Hall–Kier alpha value is -2.62. The second-order valence-corrected chi connectivity index (χ2v) is 5.30. The van der Waals surface area contributed by atoms with E-state index in [1.54, 1.807) is 0 Å². The van der Waals surface area contributed by atoms with Crippen molar-refractivity contribution in [2.45, 2.75) is 20.8 Å². The van der Waals surface area contributed by atoms with Crippen molar-refractivity contribution in [1.29, 1.82) is 0 Å². The maximum atomic E-state index is 12.5. The normalized spacial score (nSPS) is 10.8. The molecule has 1 amide bonds. The molecule has 4 heteroatoms. The lowest BCUT2D eigenvalue weighted by Crippen LogP contribution is -2.15. The van der Waals surface area contributed by atoms with Crippen LogP contribution in [0.1, 0.15) is 27.3 Å². The first-order valence-corrected chi connectivity index (χ1v) is 6.88. The Morgan fingerprint density at radius 3 is 2.48 bits per heavy atom. The summed E-state index contributed by atoms with van der Waals surface area (Å²) in [4.78, 5) is 17.0. The van der Waals surface area contributed by atoms with Gasteiger partial charge in [-0.3, -0.25) is 9.20 Å². The number of nitrogens with one attached hydrogen (secondary N) is 1. The van der Waals surface area contributed by atoms with Crippen LogP contribution in [0, 0.1) is 20.8 Å². The summed E-state index contributed by atoms with van der Waals surface area (Å²) in [5.41, 5.74) is 5.16. The highest BCUT2D eigenvalue weighted by Crippen LogP contribution is 2.16. The fraction of sp³-hybridized carbons (Fsp3) is 0.176. The van der Waals surface area contributed by atoms with Crippen LogP contribution >= 0.6 is 0 Å². The van der Waals surface area contributed by atoms with E-state index in [9.17, 15) is 4.79 Å². The van der Waals surface area contributed by atoms with Crippen molar-refractivity contribution in [2.75, 3.05) is 5.32 Å². The van der Waals surface area contributed by atoms with Gasteiger partial charge in [0, 0.05) is 11.9 Å². The number of hydrogen-bond donors (Lipinski definition) is 1. The third kappa shape index (κ3) is 2.52. The van der Waals surface area contributed by atoms with Gasteiger partial charge in [0.25, 0.3) is 5.91 Å². The van der Waals surface area contributed by atoms with Crippen LogP contribution in [0.15, 0.2) is 42.6 Å². The largest absolute Gasteiger partial charge is 0.321 e. The Balaban J connectivity index is 1.97. The first-order chi connectivity index (χ1) is 10.0. The molecule has 0 aliphatic carbocycles. The predicted molar refractivity (Wildman–Crippen MR) is 83.8 cm³/mol. The molecule has 4 nitrogen and oxygen atoms in total. The molecule has 3 aromatic rings. The molecule has 0 atom stereocenters. The molecule has 0 saturated heterocycles. The predicted octanol–water partition coefficient (Wildman–Crippen LogP) is 3.51. The minimum atomic E-state index is -0.146.